The zero-order valence-electron chi connectivity index (χ0n) is 17.2. The van der Waals surface area contributed by atoms with Gasteiger partial charge in [0.15, 0.2) is 17.5 Å². The molecule has 156 valence electrons. The second-order valence-electron chi connectivity index (χ2n) is 9.00. The molecule has 0 aliphatic heterocycles. The van der Waals surface area contributed by atoms with Crippen LogP contribution >= 0.6 is 0 Å². The van der Waals surface area contributed by atoms with Gasteiger partial charge in [-0.05, 0) is 99.2 Å². The van der Waals surface area contributed by atoms with Crippen molar-refractivity contribution in [1.29, 1.82) is 0 Å². The van der Waals surface area contributed by atoms with E-state index in [2.05, 4.69) is 19.1 Å². The first kappa shape index (κ1) is 21.5. The van der Waals surface area contributed by atoms with Crippen LogP contribution in [-0.2, 0) is 0 Å². The number of hydrogen-bond donors (Lipinski definition) is 0. The van der Waals surface area contributed by atoms with Gasteiger partial charge in [-0.2, -0.15) is 0 Å². The van der Waals surface area contributed by atoms with E-state index in [1.807, 2.05) is 0 Å². The minimum atomic E-state index is -1.35. The molecular weight excluding hydrogens is 357 g/mol. The molecule has 0 N–H and O–H groups in total. The smallest absolute Gasteiger partial charge is 0.194 e. The molecule has 1 aromatic carbocycles. The van der Waals surface area contributed by atoms with Crippen LogP contribution < -0.4 is 0 Å². The number of benzene rings is 1. The van der Waals surface area contributed by atoms with Gasteiger partial charge in [-0.15, -0.1) is 0 Å². The Labute approximate surface area is 168 Å². The minimum Gasteiger partial charge on any atom is -0.204 e. The van der Waals surface area contributed by atoms with Crippen molar-refractivity contribution >= 4 is 0 Å². The van der Waals surface area contributed by atoms with Gasteiger partial charge in [-0.1, -0.05) is 38.3 Å². The maximum Gasteiger partial charge on any atom is 0.194 e. The van der Waals surface area contributed by atoms with Gasteiger partial charge in [-0.25, -0.2) is 13.2 Å². The summed E-state index contributed by atoms with van der Waals surface area (Å²) in [7, 11) is 0. The summed E-state index contributed by atoms with van der Waals surface area (Å²) in [4.78, 5) is 0. The molecule has 1 aromatic rings. The number of unbranched alkanes of at least 4 members (excludes halogenated alkanes) is 1. The third kappa shape index (κ3) is 5.64. The first-order chi connectivity index (χ1) is 13.6. The van der Waals surface area contributed by atoms with Crippen molar-refractivity contribution in [3.05, 3.63) is 47.3 Å². The van der Waals surface area contributed by atoms with Crippen LogP contribution in [0.3, 0.4) is 0 Å². The van der Waals surface area contributed by atoms with Crippen molar-refractivity contribution in [2.24, 2.45) is 17.8 Å². The van der Waals surface area contributed by atoms with E-state index in [0.717, 1.165) is 49.9 Å². The van der Waals surface area contributed by atoms with Crippen molar-refractivity contribution in [3.8, 4) is 0 Å². The van der Waals surface area contributed by atoms with Gasteiger partial charge in [0.25, 0.3) is 0 Å². The Morgan fingerprint density at radius 2 is 1.39 bits per heavy atom. The zero-order chi connectivity index (χ0) is 19.9. The van der Waals surface area contributed by atoms with Gasteiger partial charge in [0.1, 0.15) is 0 Å². The molecule has 0 nitrogen and oxygen atoms in total. The SMILES string of the molecule is CCC=CCCCC1CCC(C2CCC(c3cc(F)c(F)c(F)c3)CC2)CC1. The Hall–Kier alpha value is -1.25. The number of hydrogen-bond acceptors (Lipinski definition) is 0. The predicted octanol–water partition coefficient (Wildman–Crippen LogP) is 8.32. The number of rotatable bonds is 7. The lowest BCUT2D eigenvalue weighted by Gasteiger charge is -2.38. The second kappa shape index (κ2) is 10.5. The van der Waals surface area contributed by atoms with Gasteiger partial charge in [0, 0.05) is 0 Å². The lowest BCUT2D eigenvalue weighted by atomic mass is 9.68. The molecule has 0 amide bonds. The molecule has 0 heterocycles. The largest absolute Gasteiger partial charge is 0.204 e. The van der Waals surface area contributed by atoms with Gasteiger partial charge in [-0.3, -0.25) is 0 Å². The maximum atomic E-state index is 13.5. The fourth-order valence-electron chi connectivity index (χ4n) is 5.49. The molecule has 2 aliphatic carbocycles. The summed E-state index contributed by atoms with van der Waals surface area (Å²) in [5, 5.41) is 0. The standard InChI is InChI=1S/C25H35F3/c1-2-3-4-5-6-7-18-8-10-19(11-9-18)20-12-14-21(15-13-20)22-16-23(26)25(28)24(27)17-22/h3-4,16-21H,2,5-15H2,1H3. The van der Waals surface area contributed by atoms with Crippen LogP contribution in [0, 0.1) is 35.2 Å². The highest BCUT2D eigenvalue weighted by atomic mass is 19.2. The molecule has 3 heteroatoms. The number of halogens is 3. The average molecular weight is 393 g/mol. The Bertz CT molecular complexity index is 612. The highest BCUT2D eigenvalue weighted by Crippen LogP contribution is 2.44. The van der Waals surface area contributed by atoms with E-state index in [4.69, 9.17) is 0 Å². The van der Waals surface area contributed by atoms with E-state index in [1.165, 1.54) is 57.1 Å². The van der Waals surface area contributed by atoms with E-state index < -0.39 is 17.5 Å². The van der Waals surface area contributed by atoms with Crippen LogP contribution in [0.1, 0.15) is 95.5 Å². The highest BCUT2D eigenvalue weighted by Gasteiger charge is 2.31. The van der Waals surface area contributed by atoms with Crippen LogP contribution in [0.2, 0.25) is 0 Å². The fourth-order valence-corrected chi connectivity index (χ4v) is 5.49. The third-order valence-electron chi connectivity index (χ3n) is 7.19. The van der Waals surface area contributed by atoms with Gasteiger partial charge >= 0.3 is 0 Å². The molecule has 0 bridgehead atoms. The summed E-state index contributed by atoms with van der Waals surface area (Å²) in [5.74, 6) is -0.781. The van der Waals surface area contributed by atoms with Crippen LogP contribution in [0.4, 0.5) is 13.2 Å². The Morgan fingerprint density at radius 3 is 1.96 bits per heavy atom. The first-order valence-electron chi connectivity index (χ1n) is 11.4. The van der Waals surface area contributed by atoms with Crippen molar-refractivity contribution in [1.82, 2.24) is 0 Å². The lowest BCUT2D eigenvalue weighted by molar-refractivity contribution is 0.156. The average Bonchev–Trinajstić information content (AvgIpc) is 2.72. The summed E-state index contributed by atoms with van der Waals surface area (Å²) in [6, 6.07) is 2.40. The minimum absolute atomic E-state index is 0.174. The van der Waals surface area contributed by atoms with E-state index in [-0.39, 0.29) is 5.92 Å². The highest BCUT2D eigenvalue weighted by molar-refractivity contribution is 5.23. The van der Waals surface area contributed by atoms with Gasteiger partial charge in [0.2, 0.25) is 0 Å². The first-order valence-corrected chi connectivity index (χ1v) is 11.4. The fraction of sp³-hybridized carbons (Fsp3) is 0.680. The molecule has 28 heavy (non-hydrogen) atoms. The molecule has 2 fully saturated rings. The summed E-state index contributed by atoms with van der Waals surface area (Å²) < 4.78 is 40.3. The Balaban J connectivity index is 1.41. The summed E-state index contributed by atoms with van der Waals surface area (Å²) in [6.45, 7) is 2.18. The molecule has 0 unspecified atom stereocenters. The van der Waals surface area contributed by atoms with E-state index in [0.29, 0.717) is 5.56 Å². The van der Waals surface area contributed by atoms with Gasteiger partial charge in [0.05, 0.1) is 0 Å². The summed E-state index contributed by atoms with van der Waals surface area (Å²) in [6.07, 6.45) is 19.3. The number of allylic oxidation sites excluding steroid dienone is 2. The second-order valence-corrected chi connectivity index (χ2v) is 9.00. The van der Waals surface area contributed by atoms with Crippen LogP contribution in [0.15, 0.2) is 24.3 Å². The van der Waals surface area contributed by atoms with E-state index in [1.54, 1.807) is 0 Å². The quantitative estimate of drug-likeness (QED) is 0.248. The lowest BCUT2D eigenvalue weighted by Crippen LogP contribution is -2.25. The van der Waals surface area contributed by atoms with Crippen molar-refractivity contribution in [2.45, 2.75) is 89.9 Å². The zero-order valence-corrected chi connectivity index (χ0v) is 17.2. The molecule has 2 aliphatic rings. The Morgan fingerprint density at radius 1 is 0.821 bits per heavy atom. The van der Waals surface area contributed by atoms with Crippen molar-refractivity contribution in [3.63, 3.8) is 0 Å². The van der Waals surface area contributed by atoms with Crippen LogP contribution in [-0.4, -0.2) is 0 Å². The predicted molar refractivity (Wildman–Crippen MR) is 110 cm³/mol. The molecule has 0 radical (unpaired) electrons. The molecular formula is C25H35F3. The molecule has 3 rings (SSSR count). The molecule has 0 spiro atoms. The molecule has 0 saturated heterocycles. The third-order valence-corrected chi connectivity index (χ3v) is 7.19. The van der Waals surface area contributed by atoms with Crippen LogP contribution in [0.5, 0.6) is 0 Å². The summed E-state index contributed by atoms with van der Waals surface area (Å²) in [5.41, 5.74) is 0.635. The summed E-state index contributed by atoms with van der Waals surface area (Å²) >= 11 is 0. The molecule has 0 atom stereocenters. The van der Waals surface area contributed by atoms with E-state index >= 15 is 0 Å². The van der Waals surface area contributed by atoms with E-state index in [9.17, 15) is 13.2 Å². The van der Waals surface area contributed by atoms with Crippen molar-refractivity contribution in [2.75, 3.05) is 0 Å². The normalized spacial score (nSPS) is 28.7. The molecule has 0 aromatic heterocycles. The topological polar surface area (TPSA) is 0 Å². The monoisotopic (exact) mass is 392 g/mol. The Kier molecular flexibility index (Phi) is 8.05. The van der Waals surface area contributed by atoms with Crippen molar-refractivity contribution < 1.29 is 13.2 Å². The van der Waals surface area contributed by atoms with Crippen LogP contribution in [0.25, 0.3) is 0 Å². The van der Waals surface area contributed by atoms with Gasteiger partial charge < -0.3 is 0 Å². The maximum absolute atomic E-state index is 13.5. The molecule has 2 saturated carbocycles.